The van der Waals surface area contributed by atoms with Crippen LogP contribution in [0.1, 0.15) is 11.1 Å². The Morgan fingerprint density at radius 2 is 1.89 bits per heavy atom. The van der Waals surface area contributed by atoms with Crippen LogP contribution in [0.5, 0.6) is 5.75 Å². The van der Waals surface area contributed by atoms with Gasteiger partial charge >= 0.3 is 0 Å². The van der Waals surface area contributed by atoms with Crippen LogP contribution < -0.4 is 10.2 Å². The minimum Gasteiger partial charge on any atom is -0.488 e. The van der Waals surface area contributed by atoms with Gasteiger partial charge in [-0.05, 0) is 68.2 Å². The first kappa shape index (κ1) is 23.1. The molecule has 0 saturated carbocycles. The Morgan fingerprint density at radius 3 is 2.77 bits per heavy atom. The third-order valence-electron chi connectivity index (χ3n) is 5.22. The number of nitrogens with zero attached hydrogens (tertiary/aromatic N) is 2. The van der Waals surface area contributed by atoms with Gasteiger partial charge in [-0.1, -0.05) is 66.4 Å². The van der Waals surface area contributed by atoms with Gasteiger partial charge in [-0.2, -0.15) is 5.10 Å². The fourth-order valence-electron chi connectivity index (χ4n) is 3.54. The van der Waals surface area contributed by atoms with E-state index in [2.05, 4.69) is 55.7 Å². The van der Waals surface area contributed by atoms with E-state index < -0.39 is 0 Å². The van der Waals surface area contributed by atoms with Crippen molar-refractivity contribution in [3.05, 3.63) is 101 Å². The lowest BCUT2D eigenvalue weighted by molar-refractivity contribution is -0.118. The molecule has 0 radical (unpaired) electrons. The number of fused-ring (bicyclic) bond motifs is 2. The molecule has 1 heterocycles. The van der Waals surface area contributed by atoms with Crippen LogP contribution in [0, 0.1) is 0 Å². The lowest BCUT2D eigenvalue weighted by atomic mass is 10.1. The molecule has 0 aliphatic heterocycles. The lowest BCUT2D eigenvalue weighted by Crippen LogP contribution is -2.19. The monoisotopic (exact) mass is 545 g/mol. The minimum atomic E-state index is -0.248. The molecule has 6 nitrogen and oxygen atoms in total. The predicted molar refractivity (Wildman–Crippen MR) is 143 cm³/mol. The quantitative estimate of drug-likeness (QED) is 0.135. The number of ether oxygens (including phenoxy) is 1. The Kier molecular flexibility index (Phi) is 7.11. The fourth-order valence-corrected chi connectivity index (χ4v) is 4.68. The van der Waals surface area contributed by atoms with E-state index in [1.165, 1.54) is 22.5 Å². The smallest absolute Gasteiger partial charge is 0.257 e. The summed E-state index contributed by atoms with van der Waals surface area (Å²) in [4.78, 5) is 16.5. The zero-order valence-electron chi connectivity index (χ0n) is 18.5. The van der Waals surface area contributed by atoms with Crippen LogP contribution in [-0.4, -0.2) is 22.9 Å². The maximum Gasteiger partial charge on any atom is 0.257 e. The van der Waals surface area contributed by atoms with E-state index in [9.17, 15) is 4.79 Å². The number of hydrazone groups is 1. The molecule has 5 rings (SSSR count). The maximum absolute atomic E-state index is 12.1. The van der Waals surface area contributed by atoms with Crippen LogP contribution in [0.25, 0.3) is 21.9 Å². The van der Waals surface area contributed by atoms with E-state index in [4.69, 9.17) is 9.15 Å². The summed E-state index contributed by atoms with van der Waals surface area (Å²) in [6.07, 6.45) is 1.58. The number of para-hydroxylation sites is 2. The first-order valence-corrected chi connectivity index (χ1v) is 12.6. The van der Waals surface area contributed by atoms with Crippen LogP contribution in [0.2, 0.25) is 0 Å². The zero-order valence-corrected chi connectivity index (χ0v) is 20.9. The number of benzene rings is 4. The zero-order chi connectivity index (χ0) is 24.0. The van der Waals surface area contributed by atoms with Gasteiger partial charge in [-0.25, -0.2) is 10.4 Å². The van der Waals surface area contributed by atoms with Crippen molar-refractivity contribution in [2.24, 2.45) is 5.10 Å². The largest absolute Gasteiger partial charge is 0.488 e. The highest BCUT2D eigenvalue weighted by Crippen LogP contribution is 2.28. The van der Waals surface area contributed by atoms with Gasteiger partial charge in [0.15, 0.2) is 5.58 Å². The minimum absolute atomic E-state index is 0.148. The van der Waals surface area contributed by atoms with Crippen molar-refractivity contribution >= 4 is 61.7 Å². The molecule has 0 bridgehead atoms. The second kappa shape index (κ2) is 10.8. The number of hydrogen-bond donors (Lipinski definition) is 1. The van der Waals surface area contributed by atoms with Crippen LogP contribution in [0.3, 0.4) is 0 Å². The normalized spacial score (nSPS) is 11.3. The van der Waals surface area contributed by atoms with E-state index >= 15 is 0 Å². The topological polar surface area (TPSA) is 76.7 Å². The molecular weight excluding hydrogens is 526 g/mol. The standard InChI is InChI=1S/C27H20BrN3O3S/c28-22-14-18(12-13-24(22)33-16-20-8-5-7-19-6-1-2-9-21(19)20)15-29-31-26(32)17-35-27-30-23-10-3-4-11-25(23)34-27/h1-15H,16-17H2,(H,31,32)/b29-15-. The number of rotatable bonds is 8. The SMILES string of the molecule is O=C(CSc1nc2ccccc2o1)N/N=C\c1ccc(OCc2cccc3ccccc23)c(Br)c1. The number of carbonyl (C=O) groups is 1. The number of oxazole rings is 1. The molecule has 35 heavy (non-hydrogen) atoms. The molecule has 4 aromatic carbocycles. The number of thioether (sulfide) groups is 1. The van der Waals surface area contributed by atoms with Crippen molar-refractivity contribution in [2.75, 3.05) is 5.75 Å². The van der Waals surface area contributed by atoms with Crippen molar-refractivity contribution in [1.82, 2.24) is 10.4 Å². The predicted octanol–water partition coefficient (Wildman–Crippen LogP) is 6.56. The third kappa shape index (κ3) is 5.72. The second-order valence-corrected chi connectivity index (χ2v) is 9.43. The Bertz CT molecular complexity index is 1490. The number of halogens is 1. The molecule has 0 fully saturated rings. The van der Waals surface area contributed by atoms with Crippen molar-refractivity contribution in [3.63, 3.8) is 0 Å². The number of nitrogens with one attached hydrogen (secondary N) is 1. The van der Waals surface area contributed by atoms with Gasteiger partial charge in [0.05, 0.1) is 16.4 Å². The highest BCUT2D eigenvalue weighted by molar-refractivity contribution is 9.10. The fraction of sp³-hybridized carbons (Fsp3) is 0.0741. The van der Waals surface area contributed by atoms with Gasteiger partial charge in [-0.15, -0.1) is 0 Å². The maximum atomic E-state index is 12.1. The van der Waals surface area contributed by atoms with Crippen LogP contribution >= 0.6 is 27.7 Å². The molecule has 0 saturated heterocycles. The molecule has 0 spiro atoms. The van der Waals surface area contributed by atoms with E-state index in [0.717, 1.165) is 26.9 Å². The average molecular weight is 546 g/mol. The molecule has 0 unspecified atom stereocenters. The molecular formula is C27H20BrN3O3S. The summed E-state index contributed by atoms with van der Waals surface area (Å²) in [5.74, 6) is 0.630. The van der Waals surface area contributed by atoms with Crippen LogP contribution in [0.15, 0.2) is 104 Å². The second-order valence-electron chi connectivity index (χ2n) is 7.65. The molecule has 5 aromatic rings. The summed E-state index contributed by atoms with van der Waals surface area (Å²) in [6, 6.07) is 27.6. The van der Waals surface area contributed by atoms with Gasteiger partial charge in [0.25, 0.3) is 11.1 Å². The summed E-state index contributed by atoms with van der Waals surface area (Å²) in [6.45, 7) is 0.460. The van der Waals surface area contributed by atoms with E-state index in [-0.39, 0.29) is 11.7 Å². The Labute approximate surface area is 214 Å². The summed E-state index contributed by atoms with van der Waals surface area (Å²) >= 11 is 4.78. The van der Waals surface area contributed by atoms with Gasteiger partial charge in [-0.3, -0.25) is 4.79 Å². The Balaban J connectivity index is 1.14. The van der Waals surface area contributed by atoms with E-state index in [1.54, 1.807) is 6.21 Å². The number of carbonyl (C=O) groups excluding carboxylic acids is 1. The molecule has 1 N–H and O–H groups in total. The van der Waals surface area contributed by atoms with Gasteiger partial charge in [0.1, 0.15) is 17.9 Å². The highest BCUT2D eigenvalue weighted by Gasteiger charge is 2.09. The first-order valence-electron chi connectivity index (χ1n) is 10.8. The molecule has 0 atom stereocenters. The van der Waals surface area contributed by atoms with E-state index in [1.807, 2.05) is 60.7 Å². The Hall–Kier alpha value is -3.62. The number of amides is 1. The molecule has 0 aliphatic carbocycles. The Morgan fingerprint density at radius 1 is 1.06 bits per heavy atom. The summed E-state index contributed by atoms with van der Waals surface area (Å²) in [5.41, 5.74) is 5.94. The van der Waals surface area contributed by atoms with Crippen molar-refractivity contribution < 1.29 is 13.9 Å². The molecule has 0 aliphatic rings. The van der Waals surface area contributed by atoms with Crippen LogP contribution in [-0.2, 0) is 11.4 Å². The van der Waals surface area contributed by atoms with Crippen molar-refractivity contribution in [1.29, 1.82) is 0 Å². The van der Waals surface area contributed by atoms with E-state index in [0.29, 0.717) is 17.4 Å². The van der Waals surface area contributed by atoms with Gasteiger partial charge in [0, 0.05) is 0 Å². The number of hydrogen-bond acceptors (Lipinski definition) is 6. The molecule has 8 heteroatoms. The first-order chi connectivity index (χ1) is 17.2. The summed E-state index contributed by atoms with van der Waals surface area (Å²) < 4.78 is 12.5. The highest BCUT2D eigenvalue weighted by atomic mass is 79.9. The number of aromatic nitrogens is 1. The van der Waals surface area contributed by atoms with Crippen molar-refractivity contribution in [3.8, 4) is 5.75 Å². The van der Waals surface area contributed by atoms with Crippen LogP contribution in [0.4, 0.5) is 0 Å². The summed E-state index contributed by atoms with van der Waals surface area (Å²) in [5, 5.41) is 6.87. The van der Waals surface area contributed by atoms with Crippen molar-refractivity contribution in [2.45, 2.75) is 11.8 Å². The van der Waals surface area contributed by atoms with Gasteiger partial charge < -0.3 is 9.15 Å². The third-order valence-corrected chi connectivity index (χ3v) is 6.67. The molecule has 1 amide bonds. The average Bonchev–Trinajstić information content (AvgIpc) is 3.30. The lowest BCUT2D eigenvalue weighted by Gasteiger charge is -2.11. The van der Waals surface area contributed by atoms with Gasteiger partial charge in [0.2, 0.25) is 0 Å². The molecule has 174 valence electrons. The summed E-state index contributed by atoms with van der Waals surface area (Å²) in [7, 11) is 0. The molecule has 1 aromatic heterocycles.